The second kappa shape index (κ2) is 6.50. The van der Waals surface area contributed by atoms with Crippen LogP contribution in [0, 0.1) is 0 Å². The van der Waals surface area contributed by atoms with Crippen LogP contribution in [-0.4, -0.2) is 29.2 Å². The molecule has 3 nitrogen and oxygen atoms in total. The van der Waals surface area contributed by atoms with E-state index in [2.05, 4.69) is 4.98 Å². The molecule has 0 spiro atoms. The van der Waals surface area contributed by atoms with Gasteiger partial charge in [0, 0.05) is 11.6 Å². The number of aromatic nitrogens is 2. The van der Waals surface area contributed by atoms with Gasteiger partial charge in [0.2, 0.25) is 0 Å². The maximum Gasteiger partial charge on any atom is 0.261 e. The minimum absolute atomic E-state index is 0.173. The number of fused-ring (bicyclic) bond motifs is 1. The van der Waals surface area contributed by atoms with E-state index in [9.17, 15) is 8.78 Å². The second-order valence-electron chi connectivity index (χ2n) is 3.91. The topological polar surface area (TPSA) is 27.1 Å². The van der Waals surface area contributed by atoms with Crippen LogP contribution in [0.1, 0.15) is 5.82 Å². The number of benzene rings is 1. The van der Waals surface area contributed by atoms with E-state index in [1.54, 1.807) is 18.2 Å². The first-order chi connectivity index (χ1) is 9.11. The number of hydrogen-bond acceptors (Lipinski definition) is 2. The average Bonchev–Trinajstić information content (AvgIpc) is 2.72. The predicted octanol–water partition coefficient (Wildman–Crippen LogP) is 3.71. The molecule has 1 heterocycles. The zero-order valence-corrected chi connectivity index (χ0v) is 11.5. The van der Waals surface area contributed by atoms with Gasteiger partial charge in [0.15, 0.2) is 0 Å². The lowest BCUT2D eigenvalue weighted by Gasteiger charge is -2.08. The summed E-state index contributed by atoms with van der Waals surface area (Å²) in [5, 5.41) is 0.586. The molecule has 1 aromatic carbocycles. The molecular weight excluding hydrogens is 297 g/mol. The van der Waals surface area contributed by atoms with Gasteiger partial charge in [0.25, 0.3) is 6.43 Å². The van der Waals surface area contributed by atoms with E-state index in [1.807, 2.05) is 4.57 Å². The highest BCUT2D eigenvalue weighted by molar-refractivity contribution is 6.31. The SMILES string of the molecule is FC(F)COCCn1c(CCl)nc2ccc(Cl)cc21. The van der Waals surface area contributed by atoms with Crippen LogP contribution in [0.15, 0.2) is 18.2 Å². The van der Waals surface area contributed by atoms with Crippen molar-refractivity contribution < 1.29 is 13.5 Å². The van der Waals surface area contributed by atoms with Crippen molar-refractivity contribution in [2.75, 3.05) is 13.2 Å². The van der Waals surface area contributed by atoms with Crippen LogP contribution < -0.4 is 0 Å². The first-order valence-electron chi connectivity index (χ1n) is 5.68. The van der Waals surface area contributed by atoms with Gasteiger partial charge >= 0.3 is 0 Å². The summed E-state index contributed by atoms with van der Waals surface area (Å²) in [4.78, 5) is 4.35. The zero-order chi connectivity index (χ0) is 13.8. The Morgan fingerprint density at radius 3 is 2.84 bits per heavy atom. The highest BCUT2D eigenvalue weighted by Crippen LogP contribution is 2.21. The van der Waals surface area contributed by atoms with Crippen molar-refractivity contribution in [3.05, 3.63) is 29.0 Å². The molecule has 0 atom stereocenters. The van der Waals surface area contributed by atoms with E-state index < -0.39 is 13.0 Å². The largest absolute Gasteiger partial charge is 0.374 e. The van der Waals surface area contributed by atoms with Crippen molar-refractivity contribution in [2.24, 2.45) is 0 Å². The highest BCUT2D eigenvalue weighted by Gasteiger charge is 2.10. The standard InChI is InChI=1S/C12H12Cl2F2N2O/c13-6-12-17-9-2-1-8(14)5-10(9)18(12)3-4-19-7-11(15)16/h1-2,5,11H,3-4,6-7H2. The fraction of sp³-hybridized carbons (Fsp3) is 0.417. The molecule has 0 unspecified atom stereocenters. The number of rotatable bonds is 6. The van der Waals surface area contributed by atoms with Gasteiger partial charge in [-0.25, -0.2) is 13.8 Å². The number of halogens is 4. The molecule has 7 heteroatoms. The van der Waals surface area contributed by atoms with E-state index >= 15 is 0 Å². The Morgan fingerprint density at radius 2 is 2.16 bits per heavy atom. The summed E-state index contributed by atoms with van der Waals surface area (Å²) < 4.78 is 30.6. The molecule has 104 valence electrons. The summed E-state index contributed by atoms with van der Waals surface area (Å²) in [7, 11) is 0. The van der Waals surface area contributed by atoms with E-state index in [1.165, 1.54) is 0 Å². The third-order valence-corrected chi connectivity index (χ3v) is 3.09. The Morgan fingerprint density at radius 1 is 1.37 bits per heavy atom. The molecule has 2 aromatic rings. The van der Waals surface area contributed by atoms with Gasteiger partial charge < -0.3 is 9.30 Å². The monoisotopic (exact) mass is 308 g/mol. The van der Waals surface area contributed by atoms with Crippen LogP contribution in [0.2, 0.25) is 5.02 Å². The van der Waals surface area contributed by atoms with Gasteiger partial charge in [0.05, 0.1) is 23.5 Å². The molecule has 1 aromatic heterocycles. The fourth-order valence-electron chi connectivity index (χ4n) is 1.83. The van der Waals surface area contributed by atoms with Crippen LogP contribution in [0.4, 0.5) is 8.78 Å². The lowest BCUT2D eigenvalue weighted by atomic mass is 10.3. The minimum Gasteiger partial charge on any atom is -0.374 e. The molecule has 2 rings (SSSR count). The molecule has 19 heavy (non-hydrogen) atoms. The number of ether oxygens (including phenoxy) is 1. The van der Waals surface area contributed by atoms with E-state index in [-0.39, 0.29) is 12.5 Å². The smallest absolute Gasteiger partial charge is 0.261 e. The molecule has 0 saturated heterocycles. The van der Waals surface area contributed by atoms with Gasteiger partial charge in [-0.15, -0.1) is 11.6 Å². The Labute approximate surface area is 119 Å². The second-order valence-corrected chi connectivity index (χ2v) is 4.62. The van der Waals surface area contributed by atoms with Gasteiger partial charge in [-0.1, -0.05) is 11.6 Å². The molecule has 0 fully saturated rings. The zero-order valence-electron chi connectivity index (χ0n) is 9.95. The molecule has 0 aliphatic rings. The molecule has 0 aliphatic heterocycles. The Bertz CT molecular complexity index is 560. The normalized spacial score (nSPS) is 11.6. The van der Waals surface area contributed by atoms with Crippen molar-refractivity contribution in [2.45, 2.75) is 18.9 Å². The quantitative estimate of drug-likeness (QED) is 0.601. The van der Waals surface area contributed by atoms with Crippen molar-refractivity contribution in [3.63, 3.8) is 0 Å². The van der Waals surface area contributed by atoms with Crippen molar-refractivity contribution >= 4 is 34.2 Å². The molecule has 0 radical (unpaired) electrons. The van der Waals surface area contributed by atoms with Crippen LogP contribution >= 0.6 is 23.2 Å². The number of nitrogens with zero attached hydrogens (tertiary/aromatic N) is 2. The molecule has 0 N–H and O–H groups in total. The summed E-state index contributed by atoms with van der Waals surface area (Å²) >= 11 is 11.8. The van der Waals surface area contributed by atoms with E-state index in [0.29, 0.717) is 17.4 Å². The first-order valence-corrected chi connectivity index (χ1v) is 6.59. The summed E-state index contributed by atoms with van der Waals surface area (Å²) in [5.41, 5.74) is 1.60. The molecule has 0 amide bonds. The van der Waals surface area contributed by atoms with E-state index in [0.717, 1.165) is 11.0 Å². The Balaban J connectivity index is 2.17. The minimum atomic E-state index is -2.46. The third kappa shape index (κ3) is 3.55. The maximum atomic E-state index is 12.0. The van der Waals surface area contributed by atoms with Crippen LogP contribution in [0.25, 0.3) is 11.0 Å². The summed E-state index contributed by atoms with van der Waals surface area (Å²) in [6.45, 7) is 0.0153. The molecule has 0 bridgehead atoms. The number of hydrogen-bond donors (Lipinski definition) is 0. The first kappa shape index (κ1) is 14.5. The van der Waals surface area contributed by atoms with Gasteiger partial charge in [-0.2, -0.15) is 0 Å². The Hall–Kier alpha value is -0.910. The van der Waals surface area contributed by atoms with Crippen LogP contribution in [0.3, 0.4) is 0 Å². The van der Waals surface area contributed by atoms with Crippen molar-refractivity contribution in [3.8, 4) is 0 Å². The van der Waals surface area contributed by atoms with Gasteiger partial charge in [0.1, 0.15) is 12.4 Å². The van der Waals surface area contributed by atoms with Crippen molar-refractivity contribution in [1.82, 2.24) is 9.55 Å². The van der Waals surface area contributed by atoms with Gasteiger partial charge in [-0.3, -0.25) is 0 Å². The number of imidazole rings is 1. The number of alkyl halides is 3. The third-order valence-electron chi connectivity index (χ3n) is 2.61. The van der Waals surface area contributed by atoms with E-state index in [4.69, 9.17) is 27.9 Å². The van der Waals surface area contributed by atoms with Gasteiger partial charge in [-0.05, 0) is 18.2 Å². The fourth-order valence-corrected chi connectivity index (χ4v) is 2.20. The van der Waals surface area contributed by atoms with Crippen LogP contribution in [-0.2, 0) is 17.2 Å². The summed E-state index contributed by atoms with van der Waals surface area (Å²) in [6.07, 6.45) is -2.46. The highest BCUT2D eigenvalue weighted by atomic mass is 35.5. The maximum absolute atomic E-state index is 12.0. The summed E-state index contributed by atoms with van der Waals surface area (Å²) in [6, 6.07) is 5.31. The Kier molecular flexibility index (Phi) is 4.96. The average molecular weight is 309 g/mol. The lowest BCUT2D eigenvalue weighted by Crippen LogP contribution is -2.12. The molecular formula is C12H12Cl2F2N2O. The lowest BCUT2D eigenvalue weighted by molar-refractivity contribution is 0.0149. The van der Waals surface area contributed by atoms with Crippen LogP contribution in [0.5, 0.6) is 0 Å². The predicted molar refractivity (Wildman–Crippen MR) is 71.1 cm³/mol. The van der Waals surface area contributed by atoms with Crippen molar-refractivity contribution in [1.29, 1.82) is 0 Å². The molecule has 0 aliphatic carbocycles. The molecule has 0 saturated carbocycles. The summed E-state index contributed by atoms with van der Waals surface area (Å²) in [5.74, 6) is 0.904.